The summed E-state index contributed by atoms with van der Waals surface area (Å²) in [6, 6.07) is 1.72. The molecule has 1 N–H and O–H groups in total. The molecule has 2 fully saturated rings. The zero-order chi connectivity index (χ0) is 18.1. The Morgan fingerprint density at radius 1 is 1.23 bits per heavy atom. The summed E-state index contributed by atoms with van der Waals surface area (Å²) in [6.45, 7) is 1.58. The second-order valence-corrected chi connectivity index (χ2v) is 7.54. The fourth-order valence-corrected chi connectivity index (χ4v) is 3.78. The molecule has 1 aliphatic heterocycles. The molecule has 9 heteroatoms. The van der Waals surface area contributed by atoms with Gasteiger partial charge in [-0.3, -0.25) is 19.1 Å². The molecule has 1 atom stereocenters. The first-order chi connectivity index (χ1) is 12.6. The molecule has 3 heterocycles. The first kappa shape index (κ1) is 17.3. The number of nitrogens with zero attached hydrogens (tertiary/aromatic N) is 5. The van der Waals surface area contributed by atoms with Crippen LogP contribution < -0.4 is 5.32 Å². The molecular weight excluding hydrogens is 400 g/mol. The largest absolute Gasteiger partial charge is 0.316 e. The molecule has 136 valence electrons. The summed E-state index contributed by atoms with van der Waals surface area (Å²) < 4.78 is 2.29. The molecule has 0 aromatic carbocycles. The lowest BCUT2D eigenvalue weighted by atomic mass is 9.97. The third kappa shape index (κ3) is 3.41. The fourth-order valence-electron chi connectivity index (χ4n) is 3.22. The maximum absolute atomic E-state index is 13.1. The number of carbonyl (C=O) groups excluding carboxylic acids is 2. The molecule has 8 nitrogen and oxygen atoms in total. The molecule has 0 spiro atoms. The number of pyridine rings is 1. The number of nitrogens with one attached hydrogen (secondary N) is 1. The van der Waals surface area contributed by atoms with Crippen molar-refractivity contribution >= 4 is 27.7 Å². The minimum Gasteiger partial charge on any atom is -0.316 e. The minimum atomic E-state index is -0.272. The van der Waals surface area contributed by atoms with Gasteiger partial charge in [0.15, 0.2) is 5.82 Å². The number of hydrogen-bond acceptors (Lipinski definition) is 6. The highest BCUT2D eigenvalue weighted by molar-refractivity contribution is 9.10. The van der Waals surface area contributed by atoms with Crippen molar-refractivity contribution in [1.29, 1.82) is 0 Å². The van der Waals surface area contributed by atoms with E-state index in [0.717, 1.165) is 32.2 Å². The van der Waals surface area contributed by atoms with Crippen LogP contribution in [0.15, 0.2) is 29.4 Å². The smallest absolute Gasteiger partial charge is 0.262 e. The van der Waals surface area contributed by atoms with Gasteiger partial charge in [-0.2, -0.15) is 0 Å². The van der Waals surface area contributed by atoms with Gasteiger partial charge in [-0.05, 0) is 54.2 Å². The molecule has 0 radical (unpaired) electrons. The first-order valence-electron chi connectivity index (χ1n) is 8.74. The van der Waals surface area contributed by atoms with Crippen molar-refractivity contribution < 1.29 is 9.59 Å². The van der Waals surface area contributed by atoms with Crippen LogP contribution in [-0.4, -0.2) is 55.6 Å². The highest BCUT2D eigenvalue weighted by Gasteiger charge is 2.40. The Balaban J connectivity index is 1.58. The van der Waals surface area contributed by atoms with E-state index in [1.54, 1.807) is 10.6 Å². The summed E-state index contributed by atoms with van der Waals surface area (Å²) >= 11 is 3.45. The maximum Gasteiger partial charge on any atom is 0.262 e. The van der Waals surface area contributed by atoms with E-state index in [0.29, 0.717) is 22.4 Å². The van der Waals surface area contributed by atoms with Crippen molar-refractivity contribution in [3.63, 3.8) is 0 Å². The highest BCUT2D eigenvalue weighted by atomic mass is 79.9. The number of halogens is 1. The number of imide groups is 1. The monoisotopic (exact) mass is 418 g/mol. The average Bonchev–Trinajstić information content (AvgIpc) is 3.35. The Bertz CT molecular complexity index is 815. The molecule has 1 unspecified atom stereocenters. The molecule has 1 saturated carbocycles. The van der Waals surface area contributed by atoms with Gasteiger partial charge in [0.2, 0.25) is 5.91 Å². The van der Waals surface area contributed by atoms with E-state index >= 15 is 0 Å². The van der Waals surface area contributed by atoms with Gasteiger partial charge in [-0.25, -0.2) is 4.98 Å². The van der Waals surface area contributed by atoms with Gasteiger partial charge in [-0.15, -0.1) is 10.2 Å². The van der Waals surface area contributed by atoms with Gasteiger partial charge >= 0.3 is 0 Å². The second-order valence-electron chi connectivity index (χ2n) is 6.69. The fraction of sp³-hybridized carbons (Fsp3) is 0.471. The second kappa shape index (κ2) is 7.24. The highest BCUT2D eigenvalue weighted by Crippen LogP contribution is 2.31. The van der Waals surface area contributed by atoms with Crippen molar-refractivity contribution in [2.45, 2.75) is 31.7 Å². The Kier molecular flexibility index (Phi) is 4.82. The van der Waals surface area contributed by atoms with Crippen molar-refractivity contribution in [1.82, 2.24) is 30.0 Å². The summed E-state index contributed by atoms with van der Waals surface area (Å²) in [5, 5.41) is 10.8. The number of piperidine rings is 1. The molecule has 2 aromatic rings. The van der Waals surface area contributed by atoms with E-state index in [1.165, 1.54) is 23.8 Å². The number of carbonyl (C=O) groups is 2. The maximum atomic E-state index is 13.1. The Morgan fingerprint density at radius 3 is 2.62 bits per heavy atom. The molecule has 26 heavy (non-hydrogen) atoms. The SMILES string of the molecule is O=C(c1cnc(-n2cnnc2)c(Br)c1)N(C(=O)C1CCCNC1)C1CC1. The van der Waals surface area contributed by atoms with Crippen LogP contribution in [0.3, 0.4) is 0 Å². The normalized spacial score (nSPS) is 20.0. The Hall–Kier alpha value is -2.13. The van der Waals surface area contributed by atoms with Gasteiger partial charge in [0.25, 0.3) is 5.91 Å². The zero-order valence-corrected chi connectivity index (χ0v) is 15.7. The van der Waals surface area contributed by atoms with Crippen molar-refractivity contribution in [3.05, 3.63) is 35.0 Å². The molecule has 4 rings (SSSR count). The Labute approximate surface area is 159 Å². The molecule has 2 aromatic heterocycles. The van der Waals surface area contributed by atoms with Crippen LogP contribution >= 0.6 is 15.9 Å². The van der Waals surface area contributed by atoms with Gasteiger partial charge in [0.05, 0.1) is 16.0 Å². The number of rotatable bonds is 4. The molecule has 2 aliphatic rings. The molecular formula is C17H19BrN6O2. The minimum absolute atomic E-state index is 0.0215. The van der Waals surface area contributed by atoms with E-state index < -0.39 is 0 Å². The number of aromatic nitrogens is 4. The number of amides is 2. The predicted octanol–water partition coefficient (Wildman–Crippen LogP) is 1.56. The summed E-state index contributed by atoms with van der Waals surface area (Å²) in [5.41, 5.74) is 0.401. The zero-order valence-electron chi connectivity index (χ0n) is 14.1. The van der Waals surface area contributed by atoms with Crippen LogP contribution in [0.2, 0.25) is 0 Å². The molecule has 2 amide bonds. The van der Waals surface area contributed by atoms with Crippen LogP contribution in [0.4, 0.5) is 0 Å². The van der Waals surface area contributed by atoms with Crippen LogP contribution in [0.5, 0.6) is 0 Å². The summed E-state index contributed by atoms with van der Waals surface area (Å²) in [5.74, 6) is 0.128. The number of hydrogen-bond donors (Lipinski definition) is 1. The lowest BCUT2D eigenvalue weighted by Crippen LogP contribution is -2.46. The van der Waals surface area contributed by atoms with Crippen LogP contribution in [0.25, 0.3) is 5.82 Å². The Morgan fingerprint density at radius 2 is 2.00 bits per heavy atom. The van der Waals surface area contributed by atoms with E-state index in [2.05, 4.69) is 36.4 Å². The van der Waals surface area contributed by atoms with Crippen LogP contribution in [0, 0.1) is 5.92 Å². The van der Waals surface area contributed by atoms with Gasteiger partial charge in [0.1, 0.15) is 12.7 Å². The van der Waals surface area contributed by atoms with Crippen molar-refractivity contribution in [2.24, 2.45) is 5.92 Å². The average molecular weight is 419 g/mol. The molecule has 0 bridgehead atoms. The van der Waals surface area contributed by atoms with Crippen LogP contribution in [-0.2, 0) is 4.79 Å². The summed E-state index contributed by atoms with van der Waals surface area (Å²) in [4.78, 5) is 31.8. The third-order valence-corrected chi connectivity index (χ3v) is 5.33. The van der Waals surface area contributed by atoms with Gasteiger partial charge in [0, 0.05) is 18.8 Å². The van der Waals surface area contributed by atoms with E-state index in [1.807, 2.05) is 0 Å². The van der Waals surface area contributed by atoms with E-state index in [-0.39, 0.29) is 23.8 Å². The van der Waals surface area contributed by atoms with E-state index in [9.17, 15) is 9.59 Å². The molecule has 1 saturated heterocycles. The van der Waals surface area contributed by atoms with Crippen LogP contribution in [0.1, 0.15) is 36.0 Å². The van der Waals surface area contributed by atoms with Crippen molar-refractivity contribution in [3.8, 4) is 5.82 Å². The van der Waals surface area contributed by atoms with Gasteiger partial charge in [-0.1, -0.05) is 0 Å². The quantitative estimate of drug-likeness (QED) is 0.757. The first-order valence-corrected chi connectivity index (χ1v) is 9.53. The standard InChI is InChI=1S/C17H19BrN6O2/c18-14-6-12(8-20-15(14)23-9-21-22-10-23)17(26)24(13-3-4-13)16(25)11-2-1-5-19-7-11/h6,8-11,13,19H,1-5,7H2. The molecule has 1 aliphatic carbocycles. The summed E-state index contributed by atoms with van der Waals surface area (Å²) in [6.07, 6.45) is 8.12. The topological polar surface area (TPSA) is 93.0 Å². The third-order valence-electron chi connectivity index (χ3n) is 4.75. The van der Waals surface area contributed by atoms with E-state index in [4.69, 9.17) is 0 Å². The lowest BCUT2D eigenvalue weighted by Gasteiger charge is -2.28. The summed E-state index contributed by atoms with van der Waals surface area (Å²) in [7, 11) is 0. The van der Waals surface area contributed by atoms with Crippen molar-refractivity contribution in [2.75, 3.05) is 13.1 Å². The van der Waals surface area contributed by atoms with Gasteiger partial charge < -0.3 is 5.32 Å². The lowest BCUT2D eigenvalue weighted by molar-refractivity contribution is -0.133. The predicted molar refractivity (Wildman–Crippen MR) is 96.6 cm³/mol.